The smallest absolute Gasteiger partial charge is 0.394 e. The second kappa shape index (κ2) is 17.2. The largest absolute Gasteiger partial charge is 0.582 e. The van der Waals surface area contributed by atoms with Crippen LogP contribution in [-0.2, 0) is 32.4 Å². The number of aliphatic hydroxyl groups is 2. The van der Waals surface area contributed by atoms with Crippen LogP contribution in [0.3, 0.4) is 0 Å². The fourth-order valence-corrected chi connectivity index (χ4v) is 7.54. The van der Waals surface area contributed by atoms with Crippen molar-refractivity contribution in [2.45, 2.75) is 62.5 Å². The number of fused-ring (bicyclic) bond motifs is 2. The molecule has 0 radical (unpaired) electrons. The molecule has 19 nitrogen and oxygen atoms in total. The fraction of sp³-hybridized carbons (Fsp3) is 0.556. The van der Waals surface area contributed by atoms with Gasteiger partial charge >= 0.3 is 14.5 Å². The fourth-order valence-electron chi connectivity index (χ4n) is 5.96. The number of nitrogens with one attached hydrogen (secondary N) is 2. The number of halogens is 1. The second-order valence-electron chi connectivity index (χ2n) is 11.3. The molecule has 4 aromatic heterocycles. The lowest BCUT2D eigenvalue weighted by molar-refractivity contribution is -0.124. The van der Waals surface area contributed by atoms with E-state index < -0.39 is 64.1 Å². The van der Waals surface area contributed by atoms with E-state index in [1.54, 1.807) is 4.57 Å². The van der Waals surface area contributed by atoms with Gasteiger partial charge in [-0.05, 0) is 16.1 Å². The Balaban J connectivity index is 1.09. The third-order valence-corrected chi connectivity index (χ3v) is 9.51. The number of hydrogen-bond donors (Lipinski definition) is 6. The molecule has 6 heterocycles. The van der Waals surface area contributed by atoms with Crippen LogP contribution in [0.4, 0.5) is 16.0 Å². The summed E-state index contributed by atoms with van der Waals surface area (Å²) in [7, 11) is -4.62. The number of hydrogen-bond acceptors (Lipinski definition) is 17. The van der Waals surface area contributed by atoms with Crippen molar-refractivity contribution in [3.63, 3.8) is 0 Å². The molecule has 0 aliphatic carbocycles. The molecular formula is C27H35FN10O9P2S2+2. The molecule has 51 heavy (non-hydrogen) atoms. The highest BCUT2D eigenvalue weighted by atomic mass is 32.7. The Morgan fingerprint density at radius 2 is 1.63 bits per heavy atom. The molecule has 24 heteroatoms. The second-order valence-corrected chi connectivity index (χ2v) is 14.7. The van der Waals surface area contributed by atoms with Gasteiger partial charge in [0, 0.05) is 19.5 Å². The Kier molecular flexibility index (Phi) is 12.7. The minimum absolute atomic E-state index is 0.00476. The van der Waals surface area contributed by atoms with Gasteiger partial charge in [-0.2, -0.15) is 0 Å². The molecule has 0 saturated carbocycles. The molecule has 4 N–H and O–H groups in total. The molecule has 2 fully saturated rings. The summed E-state index contributed by atoms with van der Waals surface area (Å²) in [5, 5.41) is 25.5. The first-order valence-electron chi connectivity index (χ1n) is 15.6. The number of anilines is 2. The highest BCUT2D eigenvalue weighted by molar-refractivity contribution is 8.39. The summed E-state index contributed by atoms with van der Waals surface area (Å²) in [6.07, 6.45) is 2.17. The SMILES string of the molecule is C[C@H]1C[C@@H](O[P+](=O)S)[C@H](C(OCCO)n2cnc3c(NC/C=C/CNc4ncnc5c4ncn5C4OC(CO)[C@@H](O[P+](=O)S)[C@H]4F)ncnc32)O1. The van der Waals surface area contributed by atoms with E-state index in [0.717, 1.165) is 0 Å². The highest BCUT2D eigenvalue weighted by Gasteiger charge is 2.51. The average Bonchev–Trinajstić information content (AvgIpc) is 3.88. The predicted octanol–water partition coefficient (Wildman–Crippen LogP) is 2.90. The molecule has 2 aliphatic rings. The van der Waals surface area contributed by atoms with Crippen molar-refractivity contribution in [1.82, 2.24) is 39.0 Å². The van der Waals surface area contributed by atoms with Gasteiger partial charge in [0.25, 0.3) is 0 Å². The molecule has 4 aromatic rings. The van der Waals surface area contributed by atoms with Gasteiger partial charge in [0.15, 0.2) is 58.7 Å². The van der Waals surface area contributed by atoms with Crippen LogP contribution >= 0.6 is 39.0 Å². The number of alkyl halides is 1. The minimum Gasteiger partial charge on any atom is -0.394 e. The number of imidazole rings is 2. The molecule has 6 rings (SSSR count). The zero-order chi connectivity index (χ0) is 36.1. The number of aromatic nitrogens is 8. The third kappa shape index (κ3) is 8.47. The Hall–Kier alpha value is -3.01. The van der Waals surface area contributed by atoms with Crippen molar-refractivity contribution in [2.24, 2.45) is 0 Å². The van der Waals surface area contributed by atoms with Gasteiger partial charge < -0.3 is 35.1 Å². The Labute approximate surface area is 301 Å². The third-order valence-electron chi connectivity index (χ3n) is 8.07. The van der Waals surface area contributed by atoms with Gasteiger partial charge in [-0.3, -0.25) is 9.13 Å². The lowest BCUT2D eigenvalue weighted by Crippen LogP contribution is -2.35. The lowest BCUT2D eigenvalue weighted by Gasteiger charge is -2.26. The molecule has 0 spiro atoms. The summed E-state index contributed by atoms with van der Waals surface area (Å²) in [4.78, 5) is 26.1. The minimum atomic E-state index is -2.43. The standard InChI is InChI=1S/C27H33FN10O9P2S2/c1-14-8-15(46-48(41)50)21(44-14)27(43-7-6-39)38-13-36-19-23(32-11-34-25(19)38)30-5-3-2-4-29-22-18-24(33-10-31-22)37(12-35-18)26-17(28)20(47-49(42)51)16(9-40)45-26/h2-3,10-17,20-21,26-27,39-40H,4-9H2,1H3,(H2-2,29,30,31,32,33,34,41,42,50,51)/p+2/b3-2+/t14-,15+,16?,17+,20+,21+,26?,27?/m0/s1. The Morgan fingerprint density at radius 1 is 0.980 bits per heavy atom. The monoisotopic (exact) mass is 788 g/mol. The molecule has 0 amide bonds. The van der Waals surface area contributed by atoms with E-state index in [0.29, 0.717) is 47.8 Å². The van der Waals surface area contributed by atoms with E-state index in [1.165, 1.54) is 29.9 Å². The lowest BCUT2D eigenvalue weighted by atomic mass is 10.1. The molecule has 0 bridgehead atoms. The van der Waals surface area contributed by atoms with Crippen LogP contribution in [0.1, 0.15) is 25.8 Å². The van der Waals surface area contributed by atoms with Gasteiger partial charge in [-0.1, -0.05) is 12.2 Å². The van der Waals surface area contributed by atoms with Gasteiger partial charge in [-0.15, -0.1) is 9.05 Å². The van der Waals surface area contributed by atoms with E-state index in [9.17, 15) is 19.3 Å². The number of thiol groups is 2. The van der Waals surface area contributed by atoms with E-state index >= 15 is 4.39 Å². The Bertz CT molecular complexity index is 1880. The number of nitrogens with zero attached hydrogens (tertiary/aromatic N) is 8. The van der Waals surface area contributed by atoms with Crippen molar-refractivity contribution in [1.29, 1.82) is 0 Å². The number of aliphatic hydroxyl groups excluding tert-OH is 2. The molecule has 5 unspecified atom stereocenters. The predicted molar refractivity (Wildman–Crippen MR) is 187 cm³/mol. The van der Waals surface area contributed by atoms with Gasteiger partial charge in [0.1, 0.15) is 55.5 Å². The first kappa shape index (κ1) is 37.7. The average molecular weight is 789 g/mol. The van der Waals surface area contributed by atoms with Crippen molar-refractivity contribution in [2.75, 3.05) is 43.5 Å². The molecule has 10 atom stereocenters. The zero-order valence-corrected chi connectivity index (χ0v) is 30.4. The normalized spacial score (nSPS) is 26.4. The highest BCUT2D eigenvalue weighted by Crippen LogP contribution is 2.42. The van der Waals surface area contributed by atoms with Crippen LogP contribution in [0.25, 0.3) is 22.3 Å². The van der Waals surface area contributed by atoms with Crippen molar-refractivity contribution in [3.05, 3.63) is 37.5 Å². The maximum atomic E-state index is 15.3. The maximum absolute atomic E-state index is 15.3. The van der Waals surface area contributed by atoms with Crippen LogP contribution in [0.5, 0.6) is 0 Å². The van der Waals surface area contributed by atoms with Crippen LogP contribution < -0.4 is 10.6 Å². The summed E-state index contributed by atoms with van der Waals surface area (Å²) in [6.45, 7) is 1.82. The molecule has 2 saturated heterocycles. The molecule has 2 aliphatic heterocycles. The number of ether oxygens (including phenoxy) is 3. The zero-order valence-electron chi connectivity index (χ0n) is 26.8. The van der Waals surface area contributed by atoms with Crippen molar-refractivity contribution >= 4 is 72.9 Å². The van der Waals surface area contributed by atoms with Crippen LogP contribution in [-0.4, -0.2) is 119 Å². The summed E-state index contributed by atoms with van der Waals surface area (Å²) >= 11 is 7.59. The summed E-state index contributed by atoms with van der Waals surface area (Å²) in [6, 6.07) is 0. The van der Waals surface area contributed by atoms with Gasteiger partial charge in [-0.25, -0.2) is 34.3 Å². The quantitative estimate of drug-likeness (QED) is 0.0513. The first-order valence-corrected chi connectivity index (χ1v) is 20.3. The van der Waals surface area contributed by atoms with Gasteiger partial charge in [0.2, 0.25) is 0 Å². The molecule has 0 aromatic carbocycles. The van der Waals surface area contributed by atoms with E-state index in [4.69, 9.17) is 23.3 Å². The summed E-state index contributed by atoms with van der Waals surface area (Å²) < 4.78 is 69.9. The topological polar surface area (TPSA) is 232 Å². The summed E-state index contributed by atoms with van der Waals surface area (Å²) in [5.41, 5.74) is 1.55. The molecular weight excluding hydrogens is 753 g/mol. The summed E-state index contributed by atoms with van der Waals surface area (Å²) in [5.74, 6) is 0.857. The van der Waals surface area contributed by atoms with Crippen molar-refractivity contribution < 1.29 is 47.0 Å². The number of rotatable bonds is 17. The van der Waals surface area contributed by atoms with Crippen molar-refractivity contribution in [3.8, 4) is 0 Å². The maximum Gasteiger partial charge on any atom is 0.582 e. The van der Waals surface area contributed by atoms with Crippen LogP contribution in [0.15, 0.2) is 37.5 Å². The van der Waals surface area contributed by atoms with Crippen LogP contribution in [0, 0.1) is 0 Å². The Morgan fingerprint density at radius 3 is 2.27 bits per heavy atom. The first-order chi connectivity index (χ1) is 24.7. The van der Waals surface area contributed by atoms with E-state index in [2.05, 4.69) is 65.0 Å². The van der Waals surface area contributed by atoms with Crippen LogP contribution in [0.2, 0.25) is 0 Å². The molecule has 274 valence electrons. The van der Waals surface area contributed by atoms with E-state index in [-0.39, 0.29) is 25.0 Å². The van der Waals surface area contributed by atoms with Gasteiger partial charge in [0.05, 0.1) is 38.6 Å². The van der Waals surface area contributed by atoms with E-state index in [1.807, 2.05) is 19.1 Å².